The molecule has 3 saturated carbocycles. The maximum absolute atomic E-state index is 14.9. The topological polar surface area (TPSA) is 163 Å². The number of nitrogens with one attached hydrogen (secondary N) is 3. The number of urea groups is 1. The van der Waals surface area contributed by atoms with Gasteiger partial charge in [-0.25, -0.2) is 13.2 Å². The number of carbonyl (C=O) groups excluding carboxylic acids is 4. The van der Waals surface area contributed by atoms with Crippen LogP contribution >= 0.6 is 0 Å². The van der Waals surface area contributed by atoms with E-state index < -0.39 is 56.7 Å². The van der Waals surface area contributed by atoms with E-state index in [0.717, 1.165) is 54.9 Å². The number of amides is 5. The molecule has 6 atom stereocenters. The summed E-state index contributed by atoms with van der Waals surface area (Å²) in [4.78, 5) is 59.9. The SMILES string of the molecule is C=C[C@@H]1C[C@]1(NC(=O)[C@@H]1C[C@@H]2CN1C(=O)[C@H](C1CCCC1)NC(=O)N1CC[C@@H](C1)OCCC/C=C/c1cc3ccccc3cc1O2)C(=O)NS(=O)(=O)C1CC1. The Morgan fingerprint density at radius 3 is 2.47 bits per heavy atom. The summed E-state index contributed by atoms with van der Waals surface area (Å²) in [6.07, 6.45) is 11.9. The fraction of sp³-hybridized carbons (Fsp3) is 0.561. The number of rotatable bonds is 7. The van der Waals surface area contributed by atoms with E-state index in [9.17, 15) is 27.6 Å². The highest BCUT2D eigenvalue weighted by Gasteiger charge is 2.62. The van der Waals surface area contributed by atoms with Crippen molar-refractivity contribution in [1.29, 1.82) is 0 Å². The highest BCUT2D eigenvalue weighted by atomic mass is 32.2. The zero-order chi connectivity index (χ0) is 38.3. The molecule has 4 bridgehead atoms. The maximum Gasteiger partial charge on any atom is 0.318 e. The molecule has 294 valence electrons. The maximum atomic E-state index is 14.9. The monoisotopic (exact) mass is 773 g/mol. The summed E-state index contributed by atoms with van der Waals surface area (Å²) >= 11 is 0. The van der Waals surface area contributed by atoms with E-state index >= 15 is 0 Å². The van der Waals surface area contributed by atoms with Crippen molar-refractivity contribution in [3.05, 3.63) is 60.7 Å². The van der Waals surface area contributed by atoms with Crippen molar-refractivity contribution >= 4 is 50.6 Å². The lowest BCUT2D eigenvalue weighted by Gasteiger charge is -2.33. The summed E-state index contributed by atoms with van der Waals surface area (Å²) in [5.41, 5.74) is -0.645. The van der Waals surface area contributed by atoms with E-state index in [1.807, 2.05) is 36.4 Å². The number of benzene rings is 2. The molecule has 13 nitrogen and oxygen atoms in total. The third-order valence-corrected chi connectivity index (χ3v) is 14.1. The minimum Gasteiger partial charge on any atom is -0.488 e. The second kappa shape index (κ2) is 15.2. The lowest BCUT2D eigenvalue weighted by molar-refractivity contribution is -0.142. The van der Waals surface area contributed by atoms with Crippen LogP contribution in [0.2, 0.25) is 0 Å². The Kier molecular flexibility index (Phi) is 10.4. The predicted molar refractivity (Wildman–Crippen MR) is 206 cm³/mol. The van der Waals surface area contributed by atoms with Gasteiger partial charge in [-0.15, -0.1) is 6.58 Å². The van der Waals surface area contributed by atoms with E-state index in [0.29, 0.717) is 44.7 Å². The third kappa shape index (κ3) is 7.85. The van der Waals surface area contributed by atoms with Crippen LogP contribution in [0.3, 0.4) is 0 Å². The van der Waals surface area contributed by atoms with Crippen LogP contribution in [0.1, 0.15) is 76.2 Å². The fourth-order valence-electron chi connectivity index (χ4n) is 8.83. The van der Waals surface area contributed by atoms with Crippen molar-refractivity contribution in [1.82, 2.24) is 25.2 Å². The van der Waals surface area contributed by atoms with Crippen LogP contribution in [0.15, 0.2) is 55.1 Å². The minimum atomic E-state index is -3.88. The normalized spacial score (nSPS) is 31.0. The third-order valence-electron chi connectivity index (χ3n) is 12.3. The zero-order valence-electron chi connectivity index (χ0n) is 31.1. The number of ether oxygens (including phenoxy) is 2. The largest absolute Gasteiger partial charge is 0.488 e. The van der Waals surface area contributed by atoms with Crippen LogP contribution in [-0.2, 0) is 29.1 Å². The van der Waals surface area contributed by atoms with E-state index in [1.165, 1.54) is 4.90 Å². The number of allylic oxidation sites excluding steroid dienone is 1. The van der Waals surface area contributed by atoms with Crippen molar-refractivity contribution in [2.45, 2.75) is 106 Å². The van der Waals surface area contributed by atoms with Crippen molar-refractivity contribution in [2.75, 3.05) is 26.2 Å². The van der Waals surface area contributed by atoms with Gasteiger partial charge in [0.25, 0.3) is 5.91 Å². The molecule has 2 saturated heterocycles. The van der Waals surface area contributed by atoms with Gasteiger partial charge in [-0.05, 0) is 80.2 Å². The number of carbonyl (C=O) groups is 4. The summed E-state index contributed by atoms with van der Waals surface area (Å²) in [6.45, 7) is 5.42. The summed E-state index contributed by atoms with van der Waals surface area (Å²) in [5, 5.41) is 7.37. The first kappa shape index (κ1) is 37.5. The Labute approximate surface area is 322 Å². The van der Waals surface area contributed by atoms with Crippen LogP contribution in [0, 0.1) is 11.8 Å². The van der Waals surface area contributed by atoms with Gasteiger partial charge in [0.2, 0.25) is 21.8 Å². The first-order chi connectivity index (χ1) is 26.5. The number of hydrogen-bond acceptors (Lipinski definition) is 8. The van der Waals surface area contributed by atoms with Crippen LogP contribution in [0.5, 0.6) is 5.75 Å². The van der Waals surface area contributed by atoms with Crippen LogP contribution in [0.25, 0.3) is 16.8 Å². The van der Waals surface area contributed by atoms with E-state index in [4.69, 9.17) is 9.47 Å². The number of hydrogen-bond donors (Lipinski definition) is 3. The molecule has 0 unspecified atom stereocenters. The molecule has 3 N–H and O–H groups in total. The van der Waals surface area contributed by atoms with Gasteiger partial charge in [0.1, 0.15) is 29.5 Å². The molecule has 55 heavy (non-hydrogen) atoms. The van der Waals surface area contributed by atoms with Gasteiger partial charge in [-0.3, -0.25) is 19.1 Å². The van der Waals surface area contributed by atoms with Crippen molar-refractivity contribution in [2.24, 2.45) is 11.8 Å². The molecule has 2 aromatic rings. The summed E-state index contributed by atoms with van der Waals surface area (Å²) in [7, 11) is -3.88. The lowest BCUT2D eigenvalue weighted by Crippen LogP contribution is -2.59. The summed E-state index contributed by atoms with van der Waals surface area (Å²) in [6, 6.07) is 9.80. The van der Waals surface area contributed by atoms with Crippen molar-refractivity contribution < 1.29 is 37.1 Å². The van der Waals surface area contributed by atoms with Gasteiger partial charge in [-0.1, -0.05) is 55.3 Å². The second-order valence-corrected chi connectivity index (χ2v) is 18.1. The van der Waals surface area contributed by atoms with Gasteiger partial charge >= 0.3 is 6.03 Å². The quantitative estimate of drug-likeness (QED) is 0.356. The Bertz CT molecular complexity index is 1990. The molecule has 3 aliphatic carbocycles. The zero-order valence-corrected chi connectivity index (χ0v) is 31.9. The molecule has 8 rings (SSSR count). The Hall–Kier alpha value is -4.43. The molecule has 3 aliphatic heterocycles. The Morgan fingerprint density at radius 2 is 1.75 bits per heavy atom. The van der Waals surface area contributed by atoms with Gasteiger partial charge < -0.3 is 29.9 Å². The minimum absolute atomic E-state index is 0.0752. The number of nitrogens with zero attached hydrogens (tertiary/aromatic N) is 2. The smallest absolute Gasteiger partial charge is 0.318 e. The molecule has 5 fully saturated rings. The number of sulfonamides is 1. The molecule has 0 radical (unpaired) electrons. The standard InChI is InChI=1S/C41H51N5O8S/c1-2-30-23-41(30,39(49)44-55(51,52)33-15-16-33)43-37(47)34-22-32-25-46(34)38(48)36(26-10-5-6-11-26)42-40(50)45-18-17-31(24-45)53-19-9-3-4-14-29-20-27-12-7-8-13-28(27)21-35(29)54-32/h2,4,7-8,12-14,20-21,26,30-34,36H,1,3,5-6,9-11,15-19,22-25H2,(H,42,50)(H,43,47)(H,44,49)/b14-4+/t30-,31+,32-,34+,36+,41-/m1/s1. The van der Waals surface area contributed by atoms with Gasteiger partial charge in [0.15, 0.2) is 0 Å². The fourth-order valence-corrected chi connectivity index (χ4v) is 10.2. The molecule has 6 aliphatic rings. The first-order valence-electron chi connectivity index (χ1n) is 19.9. The van der Waals surface area contributed by atoms with Crippen LogP contribution < -0.4 is 20.1 Å². The van der Waals surface area contributed by atoms with Gasteiger partial charge in [-0.2, -0.15) is 0 Å². The molecule has 0 spiro atoms. The van der Waals surface area contributed by atoms with E-state index in [1.54, 1.807) is 11.0 Å². The molecule has 3 heterocycles. The lowest BCUT2D eigenvalue weighted by atomic mass is 9.96. The summed E-state index contributed by atoms with van der Waals surface area (Å²) < 4.78 is 40.6. The molecule has 2 aromatic carbocycles. The van der Waals surface area contributed by atoms with Crippen LogP contribution in [-0.4, -0.2) is 103 Å². The molecule has 0 aromatic heterocycles. The average molecular weight is 774 g/mol. The van der Waals surface area contributed by atoms with E-state index in [-0.39, 0.29) is 43.3 Å². The Balaban J connectivity index is 1.12. The molecule has 5 amide bonds. The first-order valence-corrected chi connectivity index (χ1v) is 21.4. The highest BCUT2D eigenvalue weighted by Crippen LogP contribution is 2.46. The van der Waals surface area contributed by atoms with E-state index in [2.05, 4.69) is 34.1 Å². The van der Waals surface area contributed by atoms with Crippen molar-refractivity contribution in [3.8, 4) is 5.75 Å². The van der Waals surface area contributed by atoms with Gasteiger partial charge in [0.05, 0.1) is 17.9 Å². The predicted octanol–water partition coefficient (Wildman–Crippen LogP) is 4.02. The van der Waals surface area contributed by atoms with Crippen LogP contribution in [0.4, 0.5) is 4.79 Å². The molecular formula is C41H51N5O8S. The second-order valence-electron chi connectivity index (χ2n) is 16.1. The van der Waals surface area contributed by atoms with Crippen molar-refractivity contribution in [3.63, 3.8) is 0 Å². The Morgan fingerprint density at radius 1 is 0.982 bits per heavy atom. The highest BCUT2D eigenvalue weighted by molar-refractivity contribution is 7.91. The number of fused-ring (bicyclic) bond motifs is 6. The molecule has 14 heteroatoms. The summed E-state index contributed by atoms with van der Waals surface area (Å²) in [5.74, 6) is -1.74. The van der Waals surface area contributed by atoms with Gasteiger partial charge in [0, 0.05) is 37.6 Å². The average Bonchev–Trinajstić information content (AvgIpc) is 3.94. The molecular weight excluding hydrogens is 723 g/mol.